The van der Waals surface area contributed by atoms with Crippen LogP contribution in [0.2, 0.25) is 0 Å². The van der Waals surface area contributed by atoms with Crippen LogP contribution in [0.3, 0.4) is 0 Å². The minimum Gasteiger partial charge on any atom is -0.392 e. The summed E-state index contributed by atoms with van der Waals surface area (Å²) in [5.41, 5.74) is -0.814. The summed E-state index contributed by atoms with van der Waals surface area (Å²) in [5.74, 6) is 0.150. The van der Waals surface area contributed by atoms with Gasteiger partial charge in [0.1, 0.15) is 0 Å². The highest BCUT2D eigenvalue weighted by Crippen LogP contribution is 2.43. The molecule has 0 aromatic heterocycles. The van der Waals surface area contributed by atoms with Crippen LogP contribution in [0.4, 0.5) is 0 Å². The van der Waals surface area contributed by atoms with Crippen LogP contribution in [-0.2, 0) is 4.74 Å². The van der Waals surface area contributed by atoms with E-state index in [1.807, 2.05) is 19.1 Å². The van der Waals surface area contributed by atoms with Gasteiger partial charge in [0.2, 0.25) is 0 Å². The lowest BCUT2D eigenvalue weighted by atomic mass is 9.89. The minimum absolute atomic E-state index is 0.0187. The van der Waals surface area contributed by atoms with E-state index in [0.29, 0.717) is 12.8 Å². The molecular weight excluding hydrogens is 256 g/mol. The normalized spacial score (nSPS) is 40.1. The highest BCUT2D eigenvalue weighted by Gasteiger charge is 2.47. The monoisotopic (exact) mass is 284 g/mol. The van der Waals surface area contributed by atoms with Gasteiger partial charge in [-0.15, -0.1) is 0 Å². The number of fused-ring (bicyclic) bond motifs is 1. The zero-order chi connectivity index (χ0) is 14.8. The fourth-order valence-corrected chi connectivity index (χ4v) is 3.46. The molecule has 6 atom stereocenters. The van der Waals surface area contributed by atoms with E-state index in [4.69, 9.17) is 4.74 Å². The van der Waals surface area contributed by atoms with Gasteiger partial charge in [0, 0.05) is 18.8 Å². The van der Waals surface area contributed by atoms with Gasteiger partial charge >= 0.3 is 0 Å². The molecule has 1 saturated carbocycles. The molecule has 1 heterocycles. The lowest BCUT2D eigenvalue weighted by Gasteiger charge is -2.22. The van der Waals surface area contributed by atoms with Crippen molar-refractivity contribution in [3.63, 3.8) is 0 Å². The molecule has 0 aromatic rings. The Hall–Kier alpha value is -0.420. The molecule has 2 rings (SSSR count). The Morgan fingerprint density at radius 2 is 2.00 bits per heavy atom. The number of rotatable bonds is 6. The van der Waals surface area contributed by atoms with Crippen LogP contribution in [0.5, 0.6) is 0 Å². The van der Waals surface area contributed by atoms with Crippen molar-refractivity contribution < 1.29 is 20.1 Å². The number of aliphatic hydroxyl groups is 3. The van der Waals surface area contributed by atoms with E-state index < -0.39 is 18.0 Å². The summed E-state index contributed by atoms with van der Waals surface area (Å²) in [6, 6.07) is 0. The summed E-state index contributed by atoms with van der Waals surface area (Å²) in [6.07, 6.45) is 7.76. The molecule has 0 aromatic carbocycles. The fourth-order valence-electron chi connectivity index (χ4n) is 3.46. The van der Waals surface area contributed by atoms with Crippen LogP contribution in [0, 0.1) is 11.8 Å². The zero-order valence-electron chi connectivity index (χ0n) is 12.5. The maximum atomic E-state index is 10.3. The van der Waals surface area contributed by atoms with Gasteiger partial charge < -0.3 is 20.1 Å². The highest BCUT2D eigenvalue weighted by molar-refractivity contribution is 5.09. The van der Waals surface area contributed by atoms with E-state index in [1.165, 1.54) is 0 Å². The molecule has 3 N–H and O–H groups in total. The van der Waals surface area contributed by atoms with Gasteiger partial charge in [-0.25, -0.2) is 0 Å². The van der Waals surface area contributed by atoms with Crippen molar-refractivity contribution in [2.75, 3.05) is 0 Å². The number of unbranched alkanes of at least 4 members (excludes halogenated alkanes) is 2. The van der Waals surface area contributed by atoms with E-state index in [-0.39, 0.29) is 17.9 Å². The van der Waals surface area contributed by atoms with Crippen molar-refractivity contribution in [2.24, 2.45) is 11.8 Å². The second-order valence-corrected chi connectivity index (χ2v) is 6.58. The lowest BCUT2D eigenvalue weighted by molar-refractivity contribution is -0.0949. The molecule has 0 radical (unpaired) electrons. The van der Waals surface area contributed by atoms with Gasteiger partial charge in [-0.05, 0) is 19.3 Å². The van der Waals surface area contributed by atoms with Crippen molar-refractivity contribution >= 4 is 0 Å². The third-order valence-electron chi connectivity index (χ3n) is 4.66. The molecule has 1 saturated heterocycles. The van der Waals surface area contributed by atoms with Gasteiger partial charge in [0.05, 0.1) is 17.8 Å². The van der Waals surface area contributed by atoms with Crippen LogP contribution in [0.1, 0.15) is 52.4 Å². The molecule has 116 valence electrons. The highest BCUT2D eigenvalue weighted by atomic mass is 16.6. The van der Waals surface area contributed by atoms with Gasteiger partial charge in [0.25, 0.3) is 0 Å². The standard InChI is InChI=1S/C16H28O4/c1-3-4-5-7-16(2,19)8-6-11-12-9-15(18)20-14(12)10-13(11)17/h6,8,11-15,17-19H,3-5,7,9-10H2,1-2H3/b8-6+/t11-,12-,13-,14+,15+,16?/m1/s1. The molecule has 0 bridgehead atoms. The third-order valence-corrected chi connectivity index (χ3v) is 4.66. The minimum atomic E-state index is -0.814. The molecule has 2 aliphatic rings. The maximum absolute atomic E-state index is 10.3. The van der Waals surface area contributed by atoms with E-state index in [1.54, 1.807) is 0 Å². The second kappa shape index (κ2) is 6.56. The van der Waals surface area contributed by atoms with Crippen molar-refractivity contribution in [3.8, 4) is 0 Å². The quantitative estimate of drug-likeness (QED) is 0.515. The van der Waals surface area contributed by atoms with Crippen LogP contribution in [-0.4, -0.2) is 39.4 Å². The van der Waals surface area contributed by atoms with E-state index >= 15 is 0 Å². The number of ether oxygens (including phenoxy) is 1. The first-order valence-electron chi connectivity index (χ1n) is 7.86. The van der Waals surface area contributed by atoms with Crippen molar-refractivity contribution in [1.82, 2.24) is 0 Å². The SMILES string of the molecule is CCCCCC(C)(O)/C=C/[C@@H]1[C@H]2C[C@@H](O)O[C@H]2C[C@H]1O. The van der Waals surface area contributed by atoms with Crippen LogP contribution in [0.15, 0.2) is 12.2 Å². The average molecular weight is 284 g/mol. The Labute approximate surface area is 121 Å². The van der Waals surface area contributed by atoms with Crippen LogP contribution in [0.25, 0.3) is 0 Å². The first-order chi connectivity index (χ1) is 9.43. The van der Waals surface area contributed by atoms with Gasteiger partial charge in [-0.2, -0.15) is 0 Å². The first kappa shape index (κ1) is 16.0. The smallest absolute Gasteiger partial charge is 0.155 e. The van der Waals surface area contributed by atoms with Gasteiger partial charge in [0.15, 0.2) is 6.29 Å². The molecule has 4 nitrogen and oxygen atoms in total. The van der Waals surface area contributed by atoms with E-state index in [2.05, 4.69) is 6.92 Å². The van der Waals surface area contributed by atoms with Gasteiger partial charge in [-0.3, -0.25) is 0 Å². The first-order valence-corrected chi connectivity index (χ1v) is 7.86. The van der Waals surface area contributed by atoms with Crippen molar-refractivity contribution in [3.05, 3.63) is 12.2 Å². The summed E-state index contributed by atoms with van der Waals surface area (Å²) in [4.78, 5) is 0. The van der Waals surface area contributed by atoms with E-state index in [9.17, 15) is 15.3 Å². The lowest BCUT2D eigenvalue weighted by Crippen LogP contribution is -2.23. The predicted molar refractivity (Wildman–Crippen MR) is 77.0 cm³/mol. The van der Waals surface area contributed by atoms with Crippen molar-refractivity contribution in [1.29, 1.82) is 0 Å². The van der Waals surface area contributed by atoms with Gasteiger partial charge in [-0.1, -0.05) is 38.3 Å². The third kappa shape index (κ3) is 3.82. The van der Waals surface area contributed by atoms with Crippen LogP contribution < -0.4 is 0 Å². The van der Waals surface area contributed by atoms with Crippen LogP contribution >= 0.6 is 0 Å². The molecule has 20 heavy (non-hydrogen) atoms. The molecule has 0 spiro atoms. The Bertz CT molecular complexity index is 339. The largest absolute Gasteiger partial charge is 0.392 e. The molecule has 1 unspecified atom stereocenters. The molecule has 1 aliphatic carbocycles. The summed E-state index contributed by atoms with van der Waals surface area (Å²) in [6.45, 7) is 3.96. The molecule has 1 aliphatic heterocycles. The Kier molecular flexibility index (Phi) is 5.24. The summed E-state index contributed by atoms with van der Waals surface area (Å²) >= 11 is 0. The Morgan fingerprint density at radius 1 is 1.25 bits per heavy atom. The second-order valence-electron chi connectivity index (χ2n) is 6.58. The summed E-state index contributed by atoms with van der Waals surface area (Å²) < 4.78 is 5.40. The molecular formula is C16H28O4. The summed E-state index contributed by atoms with van der Waals surface area (Å²) in [7, 11) is 0. The molecule has 2 fully saturated rings. The number of aliphatic hydroxyl groups excluding tert-OH is 2. The zero-order valence-corrected chi connectivity index (χ0v) is 12.5. The Morgan fingerprint density at radius 3 is 2.70 bits per heavy atom. The molecule has 4 heteroatoms. The van der Waals surface area contributed by atoms with E-state index in [0.717, 1.165) is 25.7 Å². The Balaban J connectivity index is 1.92. The number of hydrogen-bond donors (Lipinski definition) is 3. The topological polar surface area (TPSA) is 69.9 Å². The average Bonchev–Trinajstić information content (AvgIpc) is 2.82. The molecule has 0 amide bonds. The summed E-state index contributed by atoms with van der Waals surface area (Å²) in [5, 5.41) is 30.0. The predicted octanol–water partition coefficient (Wildman–Crippen LogP) is 1.98. The van der Waals surface area contributed by atoms with Crippen molar-refractivity contribution in [2.45, 2.75) is 76.5 Å². The number of hydrogen-bond acceptors (Lipinski definition) is 4. The fraction of sp³-hybridized carbons (Fsp3) is 0.875. The maximum Gasteiger partial charge on any atom is 0.155 e.